The maximum absolute atomic E-state index is 6.18. The van der Waals surface area contributed by atoms with Crippen molar-refractivity contribution in [3.8, 4) is 0 Å². The summed E-state index contributed by atoms with van der Waals surface area (Å²) >= 11 is 0. The van der Waals surface area contributed by atoms with Crippen LogP contribution >= 0.6 is 0 Å². The summed E-state index contributed by atoms with van der Waals surface area (Å²) in [6.07, 6.45) is 3.15. The Bertz CT molecular complexity index is 162. The Balaban J connectivity index is 2.70. The minimum atomic E-state index is -1.40. The van der Waals surface area contributed by atoms with Crippen molar-refractivity contribution >= 4 is 8.32 Å². The van der Waals surface area contributed by atoms with Crippen molar-refractivity contribution < 1.29 is 4.43 Å². The summed E-state index contributed by atoms with van der Waals surface area (Å²) in [5.74, 6) is 0. The van der Waals surface area contributed by atoms with Gasteiger partial charge in [0, 0.05) is 6.10 Å². The first kappa shape index (κ1) is 10.3. The molecule has 0 bridgehead atoms. The lowest BCUT2D eigenvalue weighted by molar-refractivity contribution is 0.164. The van der Waals surface area contributed by atoms with Crippen LogP contribution in [-0.2, 0) is 4.43 Å². The van der Waals surface area contributed by atoms with Gasteiger partial charge in [0.15, 0.2) is 8.32 Å². The van der Waals surface area contributed by atoms with Gasteiger partial charge in [0.25, 0.3) is 0 Å². The van der Waals surface area contributed by atoms with Gasteiger partial charge in [-0.2, -0.15) is 0 Å². The SMILES string of the molecule is CC1CCC[Si](C)(C(C)(C)C)O1. The minimum absolute atomic E-state index is 0.404. The van der Waals surface area contributed by atoms with E-state index in [1.165, 1.54) is 18.9 Å². The Morgan fingerprint density at radius 1 is 1.33 bits per heavy atom. The van der Waals surface area contributed by atoms with Crippen LogP contribution in [0.2, 0.25) is 17.6 Å². The lowest BCUT2D eigenvalue weighted by Gasteiger charge is -2.44. The van der Waals surface area contributed by atoms with E-state index < -0.39 is 8.32 Å². The summed E-state index contributed by atoms with van der Waals surface area (Å²) in [5.41, 5.74) is 0. The second-order valence-electron chi connectivity index (χ2n) is 5.30. The third-order valence-electron chi connectivity index (χ3n) is 3.31. The van der Waals surface area contributed by atoms with Gasteiger partial charge in [-0.15, -0.1) is 0 Å². The van der Waals surface area contributed by atoms with Gasteiger partial charge >= 0.3 is 0 Å². The van der Waals surface area contributed by atoms with E-state index in [1.54, 1.807) is 0 Å². The van der Waals surface area contributed by atoms with Crippen molar-refractivity contribution in [2.24, 2.45) is 0 Å². The molecule has 2 heteroatoms. The number of rotatable bonds is 0. The molecule has 2 unspecified atom stereocenters. The smallest absolute Gasteiger partial charge is 0.195 e. The first-order valence-electron chi connectivity index (χ1n) is 5.03. The van der Waals surface area contributed by atoms with Crippen LogP contribution in [0.3, 0.4) is 0 Å². The zero-order valence-electron chi connectivity index (χ0n) is 9.11. The van der Waals surface area contributed by atoms with E-state index in [0.717, 1.165) is 0 Å². The lowest BCUT2D eigenvalue weighted by atomic mass is 10.2. The first-order valence-corrected chi connectivity index (χ1v) is 7.64. The Labute approximate surface area is 77.6 Å². The van der Waals surface area contributed by atoms with Crippen molar-refractivity contribution in [3.05, 3.63) is 0 Å². The fourth-order valence-electron chi connectivity index (χ4n) is 1.84. The molecule has 1 heterocycles. The van der Waals surface area contributed by atoms with Gasteiger partial charge in [-0.1, -0.05) is 27.2 Å². The van der Waals surface area contributed by atoms with Crippen molar-refractivity contribution in [1.82, 2.24) is 0 Å². The van der Waals surface area contributed by atoms with Crippen LogP contribution in [0.25, 0.3) is 0 Å². The molecule has 0 aliphatic carbocycles. The van der Waals surface area contributed by atoms with Crippen LogP contribution in [0.1, 0.15) is 40.5 Å². The third kappa shape index (κ3) is 1.91. The van der Waals surface area contributed by atoms with E-state index in [2.05, 4.69) is 34.2 Å². The van der Waals surface area contributed by atoms with E-state index in [-0.39, 0.29) is 0 Å². The average Bonchev–Trinajstić information content (AvgIpc) is 1.83. The highest BCUT2D eigenvalue weighted by atomic mass is 28.4. The molecule has 0 N–H and O–H groups in total. The van der Waals surface area contributed by atoms with Gasteiger partial charge in [-0.05, 0) is 31.0 Å². The Morgan fingerprint density at radius 2 is 1.92 bits per heavy atom. The van der Waals surface area contributed by atoms with Crippen molar-refractivity contribution in [3.63, 3.8) is 0 Å². The zero-order valence-corrected chi connectivity index (χ0v) is 10.1. The standard InChI is InChI=1S/C10H22OSi/c1-9-7-6-8-12(5,11-9)10(2,3)4/h9H,6-8H2,1-5H3. The lowest BCUT2D eigenvalue weighted by Crippen LogP contribution is -2.48. The number of hydrogen-bond acceptors (Lipinski definition) is 1. The quantitative estimate of drug-likeness (QED) is 0.526. The Hall–Kier alpha value is 0.177. The molecule has 0 aromatic rings. The zero-order chi connectivity index (χ0) is 9.41. The van der Waals surface area contributed by atoms with Gasteiger partial charge in [0.1, 0.15) is 0 Å². The summed E-state index contributed by atoms with van der Waals surface area (Å²) in [7, 11) is -1.40. The third-order valence-corrected chi connectivity index (χ3v) is 8.72. The molecule has 0 saturated carbocycles. The molecular formula is C10H22OSi. The van der Waals surface area contributed by atoms with Gasteiger partial charge in [0.2, 0.25) is 0 Å². The fraction of sp³-hybridized carbons (Fsp3) is 1.00. The molecule has 0 aromatic carbocycles. The van der Waals surface area contributed by atoms with E-state index in [1.807, 2.05) is 0 Å². The minimum Gasteiger partial charge on any atom is -0.414 e. The first-order chi connectivity index (χ1) is 5.35. The molecule has 1 saturated heterocycles. The normalized spacial score (nSPS) is 38.2. The van der Waals surface area contributed by atoms with E-state index in [4.69, 9.17) is 4.43 Å². The summed E-state index contributed by atoms with van der Waals surface area (Å²) in [6, 6.07) is 1.35. The second-order valence-corrected chi connectivity index (χ2v) is 10.00. The van der Waals surface area contributed by atoms with Crippen LogP contribution in [0, 0.1) is 0 Å². The Morgan fingerprint density at radius 3 is 2.25 bits per heavy atom. The molecule has 1 fully saturated rings. The van der Waals surface area contributed by atoms with Crippen molar-refractivity contribution in [2.45, 2.75) is 64.3 Å². The molecule has 0 amide bonds. The number of hydrogen-bond donors (Lipinski definition) is 0. The molecule has 0 radical (unpaired) electrons. The molecule has 2 atom stereocenters. The van der Waals surface area contributed by atoms with E-state index in [9.17, 15) is 0 Å². The Kier molecular flexibility index (Phi) is 2.69. The van der Waals surface area contributed by atoms with Gasteiger partial charge in [-0.25, -0.2) is 0 Å². The molecule has 1 rings (SSSR count). The predicted molar refractivity (Wildman–Crippen MR) is 55.9 cm³/mol. The summed E-state index contributed by atoms with van der Waals surface area (Å²) in [6.45, 7) is 11.6. The molecule has 0 spiro atoms. The van der Waals surface area contributed by atoms with Crippen LogP contribution in [-0.4, -0.2) is 14.4 Å². The predicted octanol–water partition coefficient (Wildman–Crippen LogP) is 3.56. The summed E-state index contributed by atoms with van der Waals surface area (Å²) in [5, 5.41) is 0.404. The monoisotopic (exact) mass is 186 g/mol. The van der Waals surface area contributed by atoms with Gasteiger partial charge in [0.05, 0.1) is 0 Å². The molecule has 1 aliphatic rings. The molecule has 0 aromatic heterocycles. The van der Waals surface area contributed by atoms with Crippen LogP contribution in [0.15, 0.2) is 0 Å². The fourth-order valence-corrected chi connectivity index (χ4v) is 4.95. The molecule has 1 aliphatic heterocycles. The summed E-state index contributed by atoms with van der Waals surface area (Å²) < 4.78 is 6.18. The van der Waals surface area contributed by atoms with Gasteiger partial charge in [-0.3, -0.25) is 0 Å². The van der Waals surface area contributed by atoms with Crippen LogP contribution in [0.5, 0.6) is 0 Å². The van der Waals surface area contributed by atoms with E-state index >= 15 is 0 Å². The topological polar surface area (TPSA) is 9.23 Å². The largest absolute Gasteiger partial charge is 0.414 e. The van der Waals surface area contributed by atoms with Crippen molar-refractivity contribution in [1.29, 1.82) is 0 Å². The van der Waals surface area contributed by atoms with Crippen LogP contribution in [0.4, 0.5) is 0 Å². The molecular weight excluding hydrogens is 164 g/mol. The van der Waals surface area contributed by atoms with Gasteiger partial charge < -0.3 is 4.43 Å². The highest BCUT2D eigenvalue weighted by Gasteiger charge is 2.44. The highest BCUT2D eigenvalue weighted by Crippen LogP contribution is 2.43. The van der Waals surface area contributed by atoms with E-state index in [0.29, 0.717) is 11.1 Å². The van der Waals surface area contributed by atoms with Crippen LogP contribution < -0.4 is 0 Å². The maximum atomic E-state index is 6.18. The maximum Gasteiger partial charge on any atom is 0.195 e. The second kappa shape index (κ2) is 3.15. The highest BCUT2D eigenvalue weighted by molar-refractivity contribution is 6.75. The van der Waals surface area contributed by atoms with Crippen molar-refractivity contribution in [2.75, 3.05) is 0 Å². The molecule has 1 nitrogen and oxygen atoms in total. The summed E-state index contributed by atoms with van der Waals surface area (Å²) in [4.78, 5) is 0. The molecule has 12 heavy (non-hydrogen) atoms. The molecule has 72 valence electrons. The average molecular weight is 186 g/mol.